The van der Waals surface area contributed by atoms with Gasteiger partial charge in [0.2, 0.25) is 5.91 Å². The highest BCUT2D eigenvalue weighted by atomic mass is 16.6. The third-order valence-electron chi connectivity index (χ3n) is 12.1. The second-order valence-electron chi connectivity index (χ2n) is 16.1. The Balaban J connectivity index is 0.929. The van der Waals surface area contributed by atoms with Crippen LogP contribution < -0.4 is 11.1 Å². The Morgan fingerprint density at radius 1 is 0.823 bits per heavy atom. The lowest BCUT2D eigenvalue weighted by Gasteiger charge is -2.34. The predicted molar refractivity (Wildman–Crippen MR) is 231 cm³/mol. The van der Waals surface area contributed by atoms with Crippen LogP contribution in [0.5, 0.6) is 0 Å². The van der Waals surface area contributed by atoms with E-state index in [-0.39, 0.29) is 30.3 Å². The monoisotopic (exact) mass is 841 g/mol. The molecule has 62 heavy (non-hydrogen) atoms. The highest BCUT2D eigenvalue weighted by Crippen LogP contribution is 2.37. The minimum absolute atomic E-state index is 0.156. The van der Waals surface area contributed by atoms with E-state index in [0.29, 0.717) is 31.2 Å². The van der Waals surface area contributed by atoms with E-state index in [1.807, 2.05) is 54.7 Å². The Morgan fingerprint density at radius 3 is 1.94 bits per heavy atom. The molecule has 3 aromatic heterocycles. The summed E-state index contributed by atoms with van der Waals surface area (Å²) in [6.45, 7) is 4.38. The first-order valence-corrected chi connectivity index (χ1v) is 20.8. The summed E-state index contributed by atoms with van der Waals surface area (Å²) in [5.74, 6) is 0.762. The number of nitrogens with one attached hydrogen (secondary N) is 4. The number of methoxy groups -OCH3 is 2. The molecule has 0 unspecified atom stereocenters. The molecule has 16 heteroatoms. The lowest BCUT2D eigenvalue weighted by molar-refractivity contribution is -0.150. The largest absolute Gasteiger partial charge is 0.453 e. The van der Waals surface area contributed by atoms with Gasteiger partial charge in [-0.05, 0) is 73.4 Å². The summed E-state index contributed by atoms with van der Waals surface area (Å²) in [6.07, 6.45) is 6.30. The number of carbonyl (C=O) groups is 4. The van der Waals surface area contributed by atoms with Crippen LogP contribution in [-0.2, 0) is 30.2 Å². The zero-order chi connectivity index (χ0) is 43.5. The first-order chi connectivity index (χ1) is 30.0. The average molecular weight is 842 g/mol. The van der Waals surface area contributed by atoms with Crippen LogP contribution in [0.4, 0.5) is 9.59 Å². The molecular weight excluding hydrogens is 791 g/mol. The SMILES string of the molecule is COC(=O)N[C@H](C(=O)N1CCC[C@H]1c1ncc(-c2ccc(-c3ccc(-c4cnc([C@@H]5CCCN5C(=O)[C@](C)(Cc5c[nH]c6ccccc56)OC(N)=O)[nH]4)cc3)cc2)[nH]1)[C@@H](C)OC. The molecule has 2 aliphatic rings. The van der Waals surface area contributed by atoms with Gasteiger partial charge in [0.1, 0.15) is 17.7 Å². The molecule has 4 amide bonds. The highest BCUT2D eigenvalue weighted by molar-refractivity contribution is 5.90. The summed E-state index contributed by atoms with van der Waals surface area (Å²) in [4.78, 5) is 75.1. The molecule has 0 radical (unpaired) electrons. The van der Waals surface area contributed by atoms with Crippen LogP contribution in [0.1, 0.15) is 68.8 Å². The molecule has 6 aromatic rings. The molecule has 2 saturated heterocycles. The van der Waals surface area contributed by atoms with Crippen molar-refractivity contribution in [1.82, 2.24) is 40.0 Å². The molecule has 3 aromatic carbocycles. The standard InChI is InChI=1S/C46H51N9O7/c1-27(60-3)39(53-45(59)61-4)42(56)54-21-7-11-37(54)40-49-25-35(51-40)30-17-13-28(14-18-30)29-15-19-31(20-16-29)36-26-50-41(52-36)38-12-8-22-55(38)43(57)46(2,62-44(47)58)23-32-24-48-34-10-6-5-9-33(32)34/h5-6,9-10,13-20,24-27,37-39,48H,7-8,11-12,21-23H2,1-4H3,(H2,47,58)(H,49,51)(H,50,52)(H,53,59)/t27-,37+,38+,39+,46+/m1/s1. The highest BCUT2D eigenvalue weighted by Gasteiger charge is 2.45. The molecule has 8 rings (SSSR count). The van der Waals surface area contributed by atoms with Gasteiger partial charge >= 0.3 is 12.2 Å². The van der Waals surface area contributed by atoms with Crippen molar-refractivity contribution < 1.29 is 33.4 Å². The number of nitrogens with two attached hydrogens (primary N) is 1. The summed E-state index contributed by atoms with van der Waals surface area (Å²) in [6, 6.07) is 22.6. The van der Waals surface area contributed by atoms with Crippen molar-refractivity contribution in [2.75, 3.05) is 27.3 Å². The Bertz CT molecular complexity index is 2560. The fourth-order valence-electron chi connectivity index (χ4n) is 8.80. The van der Waals surface area contributed by atoms with Crippen LogP contribution in [-0.4, -0.2) is 104 Å². The molecule has 322 valence electrons. The van der Waals surface area contributed by atoms with E-state index in [2.05, 4.69) is 49.5 Å². The Morgan fingerprint density at radius 2 is 1.37 bits per heavy atom. The summed E-state index contributed by atoms with van der Waals surface area (Å²) >= 11 is 0. The maximum Gasteiger partial charge on any atom is 0.407 e. The second kappa shape index (κ2) is 17.6. The first kappa shape index (κ1) is 41.8. The lowest BCUT2D eigenvalue weighted by atomic mass is 9.93. The van der Waals surface area contributed by atoms with Crippen LogP contribution in [0.25, 0.3) is 44.5 Å². The zero-order valence-corrected chi connectivity index (χ0v) is 35.1. The zero-order valence-electron chi connectivity index (χ0n) is 35.1. The van der Waals surface area contributed by atoms with Crippen LogP contribution in [0, 0.1) is 0 Å². The quantitative estimate of drug-likeness (QED) is 0.0826. The van der Waals surface area contributed by atoms with Gasteiger partial charge in [-0.15, -0.1) is 0 Å². The van der Waals surface area contributed by atoms with E-state index < -0.39 is 29.9 Å². The normalized spacial score (nSPS) is 18.3. The van der Waals surface area contributed by atoms with Crippen LogP contribution in [0.2, 0.25) is 0 Å². The second-order valence-corrected chi connectivity index (χ2v) is 16.1. The Labute approximate surface area is 358 Å². The number of nitrogens with zero attached hydrogens (tertiary/aromatic N) is 4. The van der Waals surface area contributed by atoms with E-state index in [1.54, 1.807) is 36.0 Å². The van der Waals surface area contributed by atoms with E-state index in [9.17, 15) is 19.2 Å². The van der Waals surface area contributed by atoms with Crippen LogP contribution in [0.15, 0.2) is 91.4 Å². The third kappa shape index (κ3) is 8.37. The number of rotatable bonds is 13. The lowest BCUT2D eigenvalue weighted by Crippen LogP contribution is -2.54. The molecular formula is C46H51N9O7. The molecule has 2 fully saturated rings. The van der Waals surface area contributed by atoms with Crippen LogP contribution in [0.3, 0.4) is 0 Å². The van der Waals surface area contributed by atoms with Gasteiger partial charge in [-0.3, -0.25) is 9.59 Å². The van der Waals surface area contributed by atoms with Gasteiger partial charge in [0, 0.05) is 43.7 Å². The summed E-state index contributed by atoms with van der Waals surface area (Å²) in [7, 11) is 2.75. The molecule has 0 saturated carbocycles. The van der Waals surface area contributed by atoms with Crippen LogP contribution >= 0.6 is 0 Å². The number of ether oxygens (including phenoxy) is 3. The van der Waals surface area contributed by atoms with E-state index in [4.69, 9.17) is 24.9 Å². The number of aromatic amines is 3. The minimum Gasteiger partial charge on any atom is -0.453 e. The van der Waals surface area contributed by atoms with Crippen molar-refractivity contribution in [3.63, 3.8) is 0 Å². The summed E-state index contributed by atoms with van der Waals surface area (Å²) < 4.78 is 15.8. The number of likely N-dealkylation sites (tertiary alicyclic amines) is 2. The molecule has 16 nitrogen and oxygen atoms in total. The topological polar surface area (TPSA) is 214 Å². The van der Waals surface area contributed by atoms with Gasteiger partial charge in [-0.25, -0.2) is 19.6 Å². The number of hydrogen-bond acceptors (Lipinski definition) is 9. The summed E-state index contributed by atoms with van der Waals surface area (Å²) in [5.41, 5.74) is 11.4. The molecule has 0 aliphatic carbocycles. The van der Waals surface area contributed by atoms with Gasteiger partial charge in [-0.2, -0.15) is 0 Å². The van der Waals surface area contributed by atoms with E-state index in [0.717, 1.165) is 69.4 Å². The Hall–Kier alpha value is -6.94. The molecule has 0 spiro atoms. The average Bonchev–Trinajstić information content (AvgIpc) is 4.15. The number of imidazole rings is 2. The molecule has 6 N–H and O–H groups in total. The predicted octanol–water partition coefficient (Wildman–Crippen LogP) is 6.80. The summed E-state index contributed by atoms with van der Waals surface area (Å²) in [5, 5.41) is 3.57. The minimum atomic E-state index is -1.52. The number of hydrogen-bond donors (Lipinski definition) is 5. The fraction of sp³-hybridized carbons (Fsp3) is 0.348. The third-order valence-corrected chi connectivity index (χ3v) is 12.1. The van der Waals surface area contributed by atoms with Gasteiger partial charge < -0.3 is 50.0 Å². The van der Waals surface area contributed by atoms with Crippen molar-refractivity contribution in [3.05, 3.63) is 109 Å². The smallest absolute Gasteiger partial charge is 0.407 e. The molecule has 0 bridgehead atoms. The number of fused-ring (bicyclic) bond motifs is 1. The number of benzene rings is 3. The number of amides is 4. The van der Waals surface area contributed by atoms with Crippen molar-refractivity contribution in [3.8, 4) is 33.6 Å². The van der Waals surface area contributed by atoms with Crippen molar-refractivity contribution >= 4 is 34.9 Å². The number of primary amides is 1. The first-order valence-electron chi connectivity index (χ1n) is 20.8. The number of carbonyl (C=O) groups excluding carboxylic acids is 4. The number of para-hydroxylation sites is 1. The van der Waals surface area contributed by atoms with Crippen molar-refractivity contribution in [1.29, 1.82) is 0 Å². The van der Waals surface area contributed by atoms with Crippen molar-refractivity contribution in [2.24, 2.45) is 5.73 Å². The van der Waals surface area contributed by atoms with E-state index in [1.165, 1.54) is 14.2 Å². The molecule has 5 atom stereocenters. The number of H-pyrrole nitrogens is 3. The Kier molecular flexibility index (Phi) is 11.8. The maximum atomic E-state index is 14.3. The van der Waals surface area contributed by atoms with Crippen molar-refractivity contribution in [2.45, 2.75) is 75.8 Å². The van der Waals surface area contributed by atoms with E-state index >= 15 is 0 Å². The molecule has 2 aliphatic heterocycles. The van der Waals surface area contributed by atoms with Gasteiger partial charge in [0.25, 0.3) is 5.91 Å². The maximum absolute atomic E-state index is 14.3. The van der Waals surface area contributed by atoms with Gasteiger partial charge in [0.05, 0.1) is 49.1 Å². The van der Waals surface area contributed by atoms with Gasteiger partial charge in [-0.1, -0.05) is 66.7 Å². The van der Waals surface area contributed by atoms with Gasteiger partial charge in [0.15, 0.2) is 5.60 Å². The number of aromatic nitrogens is 5. The fourth-order valence-corrected chi connectivity index (χ4v) is 8.80. The number of alkyl carbamates (subject to hydrolysis) is 1. The molecule has 5 heterocycles.